The van der Waals surface area contributed by atoms with Crippen LogP contribution in [-0.2, 0) is 9.59 Å². The summed E-state index contributed by atoms with van der Waals surface area (Å²) >= 11 is 0. The molecule has 0 atom stereocenters. The van der Waals surface area contributed by atoms with Gasteiger partial charge in [0.1, 0.15) is 11.8 Å². The molecular formula is C22H23N3O3. The summed E-state index contributed by atoms with van der Waals surface area (Å²) in [5.41, 5.74) is 3.54. The van der Waals surface area contributed by atoms with Crippen LogP contribution in [0.4, 0.5) is 5.69 Å². The number of carbonyl (C=O) groups excluding carboxylic acids is 2. The van der Waals surface area contributed by atoms with Crippen molar-refractivity contribution in [1.29, 1.82) is 5.26 Å². The highest BCUT2D eigenvalue weighted by Crippen LogP contribution is 2.19. The van der Waals surface area contributed by atoms with Crippen LogP contribution in [0.15, 0.2) is 48.5 Å². The molecule has 2 amide bonds. The molecule has 0 radical (unpaired) electrons. The number of likely N-dealkylation sites (N-methyl/N-ethyl adjacent to an activating group) is 1. The Morgan fingerprint density at radius 2 is 1.79 bits per heavy atom. The summed E-state index contributed by atoms with van der Waals surface area (Å²) in [4.78, 5) is 25.9. The van der Waals surface area contributed by atoms with Gasteiger partial charge in [-0.2, -0.15) is 5.26 Å². The molecule has 0 aliphatic heterocycles. The number of hydrogen-bond donors (Lipinski definition) is 1. The van der Waals surface area contributed by atoms with E-state index in [1.54, 1.807) is 37.4 Å². The second-order valence-corrected chi connectivity index (χ2v) is 6.36. The van der Waals surface area contributed by atoms with Gasteiger partial charge in [0.15, 0.2) is 6.61 Å². The van der Waals surface area contributed by atoms with Gasteiger partial charge >= 0.3 is 0 Å². The Labute approximate surface area is 165 Å². The quantitative estimate of drug-likeness (QED) is 0.751. The molecule has 6 heteroatoms. The Balaban J connectivity index is 1.90. The van der Waals surface area contributed by atoms with E-state index in [2.05, 4.69) is 5.32 Å². The van der Waals surface area contributed by atoms with Gasteiger partial charge in [-0.1, -0.05) is 30.3 Å². The van der Waals surface area contributed by atoms with Gasteiger partial charge in [0.25, 0.3) is 0 Å². The maximum absolute atomic E-state index is 12.3. The Bertz CT molecular complexity index is 891. The fraction of sp³-hybridized carbons (Fsp3) is 0.227. The van der Waals surface area contributed by atoms with Crippen LogP contribution in [0.3, 0.4) is 0 Å². The molecule has 2 rings (SSSR count). The number of benzene rings is 2. The first-order chi connectivity index (χ1) is 13.4. The molecule has 0 heterocycles. The lowest BCUT2D eigenvalue weighted by Crippen LogP contribution is -2.34. The number of rotatable bonds is 7. The van der Waals surface area contributed by atoms with Crippen LogP contribution in [0, 0.1) is 25.2 Å². The first-order valence-corrected chi connectivity index (χ1v) is 8.79. The highest BCUT2D eigenvalue weighted by Gasteiger charge is 2.12. The normalized spacial score (nSPS) is 10.4. The lowest BCUT2D eigenvalue weighted by Gasteiger charge is -2.16. The van der Waals surface area contributed by atoms with E-state index >= 15 is 0 Å². The number of hydrogen-bond acceptors (Lipinski definition) is 4. The summed E-state index contributed by atoms with van der Waals surface area (Å²) in [6.45, 7) is 3.80. The van der Waals surface area contributed by atoms with E-state index in [0.29, 0.717) is 5.75 Å². The van der Waals surface area contributed by atoms with Crippen LogP contribution in [0.1, 0.15) is 16.7 Å². The van der Waals surface area contributed by atoms with Crippen molar-refractivity contribution in [2.75, 3.05) is 25.5 Å². The highest BCUT2D eigenvalue weighted by molar-refractivity contribution is 5.98. The number of aryl methyl sites for hydroxylation is 2. The largest absolute Gasteiger partial charge is 0.479 e. The molecule has 2 aromatic rings. The van der Waals surface area contributed by atoms with Crippen molar-refractivity contribution >= 4 is 23.6 Å². The molecule has 2 aromatic carbocycles. The molecule has 6 nitrogen and oxygen atoms in total. The summed E-state index contributed by atoms with van der Waals surface area (Å²) in [6.07, 6.45) is 3.08. The van der Waals surface area contributed by atoms with Crippen molar-refractivity contribution in [1.82, 2.24) is 4.90 Å². The molecule has 0 aromatic heterocycles. The fourth-order valence-corrected chi connectivity index (χ4v) is 2.57. The molecule has 0 aliphatic carbocycles. The Morgan fingerprint density at radius 1 is 1.14 bits per heavy atom. The van der Waals surface area contributed by atoms with Crippen LogP contribution in [0.5, 0.6) is 5.75 Å². The van der Waals surface area contributed by atoms with E-state index in [-0.39, 0.29) is 25.0 Å². The SMILES string of the molecule is Cc1cccc(C)c1NC(=O)CN(C)C(=O)/C=C/c1ccc(OCC#N)cc1. The first-order valence-electron chi connectivity index (χ1n) is 8.79. The molecule has 0 saturated carbocycles. The van der Waals surface area contributed by atoms with Gasteiger partial charge in [0.2, 0.25) is 11.8 Å². The second kappa shape index (κ2) is 9.93. The van der Waals surface area contributed by atoms with Crippen molar-refractivity contribution in [2.45, 2.75) is 13.8 Å². The lowest BCUT2D eigenvalue weighted by atomic mass is 10.1. The number of amides is 2. The molecule has 0 unspecified atom stereocenters. The Morgan fingerprint density at radius 3 is 2.39 bits per heavy atom. The molecule has 144 valence electrons. The van der Waals surface area contributed by atoms with Crippen molar-refractivity contribution in [3.05, 3.63) is 65.2 Å². The summed E-state index contributed by atoms with van der Waals surface area (Å²) in [5, 5.41) is 11.4. The average Bonchev–Trinajstić information content (AvgIpc) is 2.68. The van der Waals surface area contributed by atoms with Crippen LogP contribution >= 0.6 is 0 Å². The summed E-state index contributed by atoms with van der Waals surface area (Å²) < 4.78 is 5.18. The third-order valence-corrected chi connectivity index (χ3v) is 4.10. The smallest absolute Gasteiger partial charge is 0.246 e. The highest BCUT2D eigenvalue weighted by atomic mass is 16.5. The number of carbonyl (C=O) groups is 2. The fourth-order valence-electron chi connectivity index (χ4n) is 2.57. The van der Waals surface area contributed by atoms with Crippen molar-refractivity contribution in [3.8, 4) is 11.8 Å². The maximum atomic E-state index is 12.3. The minimum atomic E-state index is -0.276. The zero-order valence-corrected chi connectivity index (χ0v) is 16.2. The van der Waals surface area contributed by atoms with Crippen LogP contribution in [-0.4, -0.2) is 36.9 Å². The minimum Gasteiger partial charge on any atom is -0.479 e. The van der Waals surface area contributed by atoms with E-state index in [1.807, 2.05) is 38.1 Å². The predicted octanol–water partition coefficient (Wildman–Crippen LogP) is 3.32. The third-order valence-electron chi connectivity index (χ3n) is 4.10. The maximum Gasteiger partial charge on any atom is 0.246 e. The molecule has 0 saturated heterocycles. The summed E-state index contributed by atoms with van der Waals surface area (Å²) in [5.74, 6) is 0.0624. The lowest BCUT2D eigenvalue weighted by molar-refractivity contribution is -0.129. The molecule has 1 N–H and O–H groups in total. The van der Waals surface area contributed by atoms with Gasteiger partial charge in [-0.3, -0.25) is 9.59 Å². The zero-order chi connectivity index (χ0) is 20.5. The van der Waals surface area contributed by atoms with Crippen molar-refractivity contribution in [2.24, 2.45) is 0 Å². The van der Waals surface area contributed by atoms with Gasteiger partial charge in [0.05, 0.1) is 6.54 Å². The number of nitriles is 1. The van der Waals surface area contributed by atoms with Gasteiger partial charge in [-0.15, -0.1) is 0 Å². The number of para-hydroxylation sites is 1. The van der Waals surface area contributed by atoms with E-state index in [9.17, 15) is 9.59 Å². The van der Waals surface area contributed by atoms with E-state index in [0.717, 1.165) is 22.4 Å². The second-order valence-electron chi connectivity index (χ2n) is 6.36. The minimum absolute atomic E-state index is 0.0113. The predicted molar refractivity (Wildman–Crippen MR) is 109 cm³/mol. The molecular weight excluding hydrogens is 354 g/mol. The van der Waals surface area contributed by atoms with Crippen LogP contribution < -0.4 is 10.1 Å². The standard InChI is InChI=1S/C22H23N3O3/c1-16-5-4-6-17(2)22(16)24-20(26)15-25(3)21(27)12-9-18-7-10-19(11-8-18)28-14-13-23/h4-12H,14-15H2,1-3H3,(H,24,26)/b12-9+. The molecule has 0 bridgehead atoms. The van der Waals surface area contributed by atoms with Crippen LogP contribution in [0.25, 0.3) is 6.08 Å². The first kappa shape index (κ1) is 20.7. The van der Waals surface area contributed by atoms with Crippen LogP contribution in [0.2, 0.25) is 0 Å². The van der Waals surface area contributed by atoms with E-state index in [1.165, 1.54) is 11.0 Å². The third kappa shape index (κ3) is 5.99. The number of anilines is 1. The van der Waals surface area contributed by atoms with Gasteiger partial charge in [0, 0.05) is 18.8 Å². The van der Waals surface area contributed by atoms with Gasteiger partial charge < -0.3 is 15.0 Å². The molecule has 28 heavy (non-hydrogen) atoms. The topological polar surface area (TPSA) is 82.4 Å². The summed E-state index contributed by atoms with van der Waals surface area (Å²) in [6, 6.07) is 14.7. The molecule has 0 spiro atoms. The number of nitrogens with zero attached hydrogens (tertiary/aromatic N) is 2. The Hall–Kier alpha value is -3.59. The van der Waals surface area contributed by atoms with Crippen molar-refractivity contribution in [3.63, 3.8) is 0 Å². The monoisotopic (exact) mass is 377 g/mol. The zero-order valence-electron chi connectivity index (χ0n) is 16.2. The van der Waals surface area contributed by atoms with Gasteiger partial charge in [-0.25, -0.2) is 0 Å². The Kier molecular flexibility index (Phi) is 7.35. The molecule has 0 aliphatic rings. The summed E-state index contributed by atoms with van der Waals surface area (Å²) in [7, 11) is 1.58. The number of nitrogens with one attached hydrogen (secondary N) is 1. The average molecular weight is 377 g/mol. The van der Waals surface area contributed by atoms with E-state index in [4.69, 9.17) is 10.00 Å². The van der Waals surface area contributed by atoms with Gasteiger partial charge in [-0.05, 0) is 48.7 Å². The van der Waals surface area contributed by atoms with Crippen molar-refractivity contribution < 1.29 is 14.3 Å². The molecule has 0 fully saturated rings. The van der Waals surface area contributed by atoms with E-state index < -0.39 is 0 Å². The number of ether oxygens (including phenoxy) is 1.